The first kappa shape index (κ1) is 16.7. The Morgan fingerprint density at radius 2 is 1.72 bits per heavy atom. The molecule has 1 N–H and O–H groups in total. The number of aryl methyl sites for hydroxylation is 1. The van der Waals surface area contributed by atoms with Crippen LogP contribution in [-0.4, -0.2) is 11.1 Å². The fraction of sp³-hybridized carbons (Fsp3) is 0.562. The van der Waals surface area contributed by atoms with Crippen LogP contribution in [0, 0.1) is 5.41 Å². The molecule has 0 radical (unpaired) electrons. The first-order valence-corrected chi connectivity index (χ1v) is 6.61. The average Bonchev–Trinajstić information content (AvgIpc) is 2.29. The molecular formula is C16H26O2. The van der Waals surface area contributed by atoms with E-state index >= 15 is 0 Å². The third-order valence-electron chi connectivity index (χ3n) is 2.57. The van der Waals surface area contributed by atoms with Gasteiger partial charge in [-0.15, -0.1) is 0 Å². The van der Waals surface area contributed by atoms with Gasteiger partial charge in [-0.25, -0.2) is 0 Å². The van der Waals surface area contributed by atoms with Gasteiger partial charge in [-0.3, -0.25) is 4.79 Å². The van der Waals surface area contributed by atoms with Crippen molar-refractivity contribution in [3.8, 4) is 0 Å². The standard InChI is InChI=1S/C8H16O2.C8H10/c1-8(2,3)6-4-5-7(9)10;1-2-8-6-4-3-5-7-8/h4-6H2,1-3H3,(H,9,10);3-7H,2H2,1H3. The highest BCUT2D eigenvalue weighted by Crippen LogP contribution is 2.21. The van der Waals surface area contributed by atoms with E-state index in [4.69, 9.17) is 5.11 Å². The van der Waals surface area contributed by atoms with Gasteiger partial charge < -0.3 is 5.11 Å². The average molecular weight is 250 g/mol. The van der Waals surface area contributed by atoms with Crippen molar-refractivity contribution < 1.29 is 9.90 Å². The van der Waals surface area contributed by atoms with Gasteiger partial charge in [-0.1, -0.05) is 58.0 Å². The summed E-state index contributed by atoms with van der Waals surface area (Å²) in [5, 5.41) is 8.31. The summed E-state index contributed by atoms with van der Waals surface area (Å²) in [4.78, 5) is 10.1. The van der Waals surface area contributed by atoms with E-state index in [-0.39, 0.29) is 5.41 Å². The maximum atomic E-state index is 10.1. The second kappa shape index (κ2) is 8.73. The Labute approximate surface area is 111 Å². The Morgan fingerprint density at radius 3 is 2.06 bits per heavy atom. The molecular weight excluding hydrogens is 224 g/mol. The molecule has 0 aliphatic heterocycles. The van der Waals surface area contributed by atoms with E-state index in [0.717, 1.165) is 19.3 Å². The van der Waals surface area contributed by atoms with Crippen molar-refractivity contribution in [1.29, 1.82) is 0 Å². The number of carboxylic acids is 1. The number of hydrogen-bond donors (Lipinski definition) is 1. The molecule has 1 aromatic carbocycles. The molecule has 102 valence electrons. The molecule has 2 nitrogen and oxygen atoms in total. The van der Waals surface area contributed by atoms with Gasteiger partial charge in [0.05, 0.1) is 0 Å². The highest BCUT2D eigenvalue weighted by atomic mass is 16.4. The number of aliphatic carboxylic acids is 1. The maximum absolute atomic E-state index is 10.1. The molecule has 2 heteroatoms. The molecule has 0 saturated carbocycles. The lowest BCUT2D eigenvalue weighted by Gasteiger charge is -2.16. The zero-order valence-electron chi connectivity index (χ0n) is 12.1. The van der Waals surface area contributed by atoms with Crippen LogP contribution in [0.5, 0.6) is 0 Å². The molecule has 0 fully saturated rings. The predicted molar refractivity (Wildman–Crippen MR) is 76.8 cm³/mol. The van der Waals surface area contributed by atoms with Crippen LogP contribution >= 0.6 is 0 Å². The van der Waals surface area contributed by atoms with Crippen molar-refractivity contribution in [3.63, 3.8) is 0 Å². The Bertz CT molecular complexity index is 323. The van der Waals surface area contributed by atoms with Crippen molar-refractivity contribution in [2.75, 3.05) is 0 Å². The Hall–Kier alpha value is -1.31. The summed E-state index contributed by atoms with van der Waals surface area (Å²) in [5.41, 5.74) is 1.68. The molecule has 0 spiro atoms. The molecule has 0 bridgehead atoms. The molecule has 0 aliphatic rings. The lowest BCUT2D eigenvalue weighted by Crippen LogP contribution is -2.05. The van der Waals surface area contributed by atoms with Gasteiger partial charge >= 0.3 is 5.97 Å². The molecule has 0 unspecified atom stereocenters. The first-order chi connectivity index (χ1) is 8.35. The van der Waals surface area contributed by atoms with Crippen LogP contribution in [0.25, 0.3) is 0 Å². The molecule has 1 rings (SSSR count). The summed E-state index contributed by atoms with van der Waals surface area (Å²) >= 11 is 0. The summed E-state index contributed by atoms with van der Waals surface area (Å²) in [6.45, 7) is 8.52. The number of carbonyl (C=O) groups is 1. The second-order valence-electron chi connectivity index (χ2n) is 5.65. The normalized spacial score (nSPS) is 10.4. The van der Waals surface area contributed by atoms with Crippen molar-refractivity contribution >= 4 is 5.97 Å². The van der Waals surface area contributed by atoms with E-state index < -0.39 is 5.97 Å². The van der Waals surface area contributed by atoms with Crippen molar-refractivity contribution in [2.24, 2.45) is 5.41 Å². The fourth-order valence-electron chi connectivity index (χ4n) is 1.48. The van der Waals surface area contributed by atoms with Crippen LogP contribution in [-0.2, 0) is 11.2 Å². The van der Waals surface area contributed by atoms with E-state index in [1.165, 1.54) is 5.56 Å². The van der Waals surface area contributed by atoms with Crippen LogP contribution in [0.4, 0.5) is 0 Å². The zero-order chi connectivity index (χ0) is 14.0. The van der Waals surface area contributed by atoms with Crippen LogP contribution in [0.15, 0.2) is 30.3 Å². The van der Waals surface area contributed by atoms with Gasteiger partial charge in [0.25, 0.3) is 0 Å². The van der Waals surface area contributed by atoms with E-state index in [0.29, 0.717) is 6.42 Å². The molecule has 0 saturated heterocycles. The van der Waals surface area contributed by atoms with Gasteiger partial charge in [0.15, 0.2) is 0 Å². The molecule has 0 atom stereocenters. The van der Waals surface area contributed by atoms with Crippen molar-refractivity contribution in [1.82, 2.24) is 0 Å². The Kier molecular flexibility index (Phi) is 8.10. The topological polar surface area (TPSA) is 37.3 Å². The molecule has 0 aromatic heterocycles. The van der Waals surface area contributed by atoms with Crippen LogP contribution in [0.2, 0.25) is 0 Å². The zero-order valence-corrected chi connectivity index (χ0v) is 12.1. The second-order valence-corrected chi connectivity index (χ2v) is 5.65. The first-order valence-electron chi connectivity index (χ1n) is 6.61. The van der Waals surface area contributed by atoms with Crippen LogP contribution in [0.3, 0.4) is 0 Å². The number of hydrogen-bond acceptors (Lipinski definition) is 1. The SMILES string of the molecule is CC(C)(C)CCCC(=O)O.CCc1ccccc1. The number of benzene rings is 1. The third-order valence-corrected chi connectivity index (χ3v) is 2.57. The molecule has 0 aliphatic carbocycles. The van der Waals surface area contributed by atoms with Gasteiger partial charge in [-0.05, 0) is 30.2 Å². The fourth-order valence-corrected chi connectivity index (χ4v) is 1.48. The van der Waals surface area contributed by atoms with Crippen LogP contribution in [0.1, 0.15) is 52.5 Å². The summed E-state index contributed by atoms with van der Waals surface area (Å²) in [6.07, 6.45) is 3.22. The minimum absolute atomic E-state index is 0.273. The van der Waals surface area contributed by atoms with E-state index in [2.05, 4.69) is 52.0 Å². The molecule has 0 heterocycles. The monoisotopic (exact) mass is 250 g/mol. The van der Waals surface area contributed by atoms with E-state index in [1.807, 2.05) is 6.07 Å². The largest absolute Gasteiger partial charge is 0.481 e. The highest BCUT2D eigenvalue weighted by molar-refractivity contribution is 5.66. The van der Waals surface area contributed by atoms with Crippen molar-refractivity contribution in [3.05, 3.63) is 35.9 Å². The van der Waals surface area contributed by atoms with Gasteiger partial charge in [0.1, 0.15) is 0 Å². The summed E-state index contributed by atoms with van der Waals surface area (Å²) < 4.78 is 0. The molecule has 18 heavy (non-hydrogen) atoms. The van der Waals surface area contributed by atoms with Gasteiger partial charge in [0, 0.05) is 6.42 Å². The van der Waals surface area contributed by atoms with Crippen molar-refractivity contribution in [2.45, 2.75) is 53.4 Å². The minimum atomic E-state index is -0.691. The summed E-state index contributed by atoms with van der Waals surface area (Å²) in [6, 6.07) is 10.5. The maximum Gasteiger partial charge on any atom is 0.303 e. The minimum Gasteiger partial charge on any atom is -0.481 e. The summed E-state index contributed by atoms with van der Waals surface area (Å²) in [7, 11) is 0. The number of carboxylic acid groups (broad SMARTS) is 1. The Morgan fingerprint density at radius 1 is 1.17 bits per heavy atom. The van der Waals surface area contributed by atoms with E-state index in [1.54, 1.807) is 0 Å². The highest BCUT2D eigenvalue weighted by Gasteiger charge is 2.09. The molecule has 1 aromatic rings. The lowest BCUT2D eigenvalue weighted by atomic mass is 9.90. The van der Waals surface area contributed by atoms with Crippen LogP contribution < -0.4 is 0 Å². The predicted octanol–water partition coefficient (Wildman–Crippen LogP) is 4.54. The third kappa shape index (κ3) is 11.2. The lowest BCUT2D eigenvalue weighted by molar-refractivity contribution is -0.137. The Balaban J connectivity index is 0.000000327. The van der Waals surface area contributed by atoms with Gasteiger partial charge in [0.2, 0.25) is 0 Å². The summed E-state index contributed by atoms with van der Waals surface area (Å²) in [5.74, 6) is -0.691. The quantitative estimate of drug-likeness (QED) is 0.852. The number of rotatable bonds is 4. The molecule has 0 amide bonds. The van der Waals surface area contributed by atoms with Gasteiger partial charge in [-0.2, -0.15) is 0 Å². The van der Waals surface area contributed by atoms with E-state index in [9.17, 15) is 4.79 Å². The smallest absolute Gasteiger partial charge is 0.303 e.